The van der Waals surface area contributed by atoms with Crippen LogP contribution in [-0.4, -0.2) is 31.1 Å². The summed E-state index contributed by atoms with van der Waals surface area (Å²) in [5.41, 5.74) is 3.56. The minimum atomic E-state index is -0.514. The number of anilines is 1. The summed E-state index contributed by atoms with van der Waals surface area (Å²) in [5, 5.41) is 11.2. The summed E-state index contributed by atoms with van der Waals surface area (Å²) in [6.45, 7) is 0. The highest BCUT2D eigenvalue weighted by molar-refractivity contribution is 14.1. The van der Waals surface area contributed by atoms with E-state index in [-0.39, 0.29) is 22.8 Å². The van der Waals surface area contributed by atoms with Crippen LogP contribution in [0.3, 0.4) is 0 Å². The predicted molar refractivity (Wildman–Crippen MR) is 104 cm³/mol. The van der Waals surface area contributed by atoms with Crippen LogP contribution in [0.15, 0.2) is 42.0 Å². The SMILES string of the molecule is COc1cc(C=C2C(=O)NN(c3ccc(I)cc3)C2=O)cc(OC)c1O. The summed E-state index contributed by atoms with van der Waals surface area (Å²) in [7, 11) is 2.80. The Morgan fingerprint density at radius 3 is 2.19 bits per heavy atom. The van der Waals surface area contributed by atoms with Gasteiger partial charge in [-0.2, -0.15) is 0 Å². The molecule has 0 saturated carbocycles. The number of rotatable bonds is 4. The van der Waals surface area contributed by atoms with Crippen LogP contribution in [0.25, 0.3) is 6.08 Å². The van der Waals surface area contributed by atoms with E-state index < -0.39 is 11.8 Å². The number of phenolic OH excluding ortho intramolecular Hbond substituents is 1. The third-order valence-corrected chi connectivity index (χ3v) is 4.51. The van der Waals surface area contributed by atoms with Gasteiger partial charge in [-0.05, 0) is 70.6 Å². The molecule has 0 unspecified atom stereocenters. The molecule has 2 aromatic carbocycles. The maximum Gasteiger partial charge on any atom is 0.282 e. The van der Waals surface area contributed by atoms with Crippen molar-refractivity contribution in [2.45, 2.75) is 0 Å². The largest absolute Gasteiger partial charge is 0.502 e. The Hall–Kier alpha value is -2.75. The molecule has 0 aliphatic carbocycles. The second-order valence-electron chi connectivity index (χ2n) is 5.39. The molecule has 0 spiro atoms. The molecule has 134 valence electrons. The summed E-state index contributed by atoms with van der Waals surface area (Å²) >= 11 is 2.16. The van der Waals surface area contributed by atoms with Crippen LogP contribution in [0.2, 0.25) is 0 Å². The number of hydrogen-bond acceptors (Lipinski definition) is 5. The summed E-state index contributed by atoms with van der Waals surface area (Å²) in [5.74, 6) is -0.783. The summed E-state index contributed by atoms with van der Waals surface area (Å²) < 4.78 is 11.2. The fourth-order valence-electron chi connectivity index (χ4n) is 2.49. The summed E-state index contributed by atoms with van der Waals surface area (Å²) in [6.07, 6.45) is 1.43. The molecule has 2 aromatic rings. The number of phenols is 1. The van der Waals surface area contributed by atoms with Crippen molar-refractivity contribution in [1.82, 2.24) is 5.43 Å². The molecule has 0 radical (unpaired) electrons. The fraction of sp³-hybridized carbons (Fsp3) is 0.111. The maximum absolute atomic E-state index is 12.6. The quantitative estimate of drug-likeness (QED) is 0.411. The molecular weight excluding hydrogens is 451 g/mol. The van der Waals surface area contributed by atoms with Gasteiger partial charge in [0.15, 0.2) is 11.5 Å². The Morgan fingerprint density at radius 1 is 1.08 bits per heavy atom. The average Bonchev–Trinajstić information content (AvgIpc) is 2.91. The second-order valence-corrected chi connectivity index (χ2v) is 6.64. The molecule has 2 N–H and O–H groups in total. The summed E-state index contributed by atoms with van der Waals surface area (Å²) in [4.78, 5) is 24.9. The third kappa shape index (κ3) is 3.32. The highest BCUT2D eigenvalue weighted by Crippen LogP contribution is 2.38. The van der Waals surface area contributed by atoms with Crippen molar-refractivity contribution in [3.05, 3.63) is 51.1 Å². The number of benzene rings is 2. The van der Waals surface area contributed by atoms with Crippen LogP contribution >= 0.6 is 22.6 Å². The molecule has 1 saturated heterocycles. The Kier molecular flexibility index (Phi) is 5.03. The van der Waals surface area contributed by atoms with Crippen molar-refractivity contribution in [2.75, 3.05) is 19.2 Å². The number of amides is 2. The van der Waals surface area contributed by atoms with Gasteiger partial charge in [0.1, 0.15) is 5.57 Å². The van der Waals surface area contributed by atoms with E-state index in [0.29, 0.717) is 11.3 Å². The molecule has 26 heavy (non-hydrogen) atoms. The van der Waals surface area contributed by atoms with Gasteiger partial charge in [0.2, 0.25) is 5.75 Å². The van der Waals surface area contributed by atoms with Crippen LogP contribution < -0.4 is 19.9 Å². The van der Waals surface area contributed by atoms with Crippen LogP contribution in [0, 0.1) is 3.57 Å². The van der Waals surface area contributed by atoms with Crippen molar-refractivity contribution in [3.8, 4) is 17.2 Å². The van der Waals surface area contributed by atoms with Crippen molar-refractivity contribution in [1.29, 1.82) is 0 Å². The number of methoxy groups -OCH3 is 2. The number of hydrazine groups is 1. The van der Waals surface area contributed by atoms with E-state index in [1.807, 2.05) is 12.1 Å². The molecule has 0 aromatic heterocycles. The minimum absolute atomic E-state index is 0.0293. The first-order valence-corrected chi connectivity index (χ1v) is 8.60. The van der Waals surface area contributed by atoms with E-state index in [1.165, 1.54) is 37.4 Å². The first-order chi connectivity index (χ1) is 12.4. The lowest BCUT2D eigenvalue weighted by atomic mass is 10.1. The number of aromatic hydroxyl groups is 1. The topological polar surface area (TPSA) is 88.1 Å². The second kappa shape index (κ2) is 7.24. The van der Waals surface area contributed by atoms with Gasteiger partial charge in [-0.15, -0.1) is 0 Å². The molecule has 0 atom stereocenters. The Bertz CT molecular complexity index is 883. The zero-order chi connectivity index (χ0) is 18.8. The van der Waals surface area contributed by atoms with Gasteiger partial charge >= 0.3 is 0 Å². The number of nitrogens with zero attached hydrogens (tertiary/aromatic N) is 1. The van der Waals surface area contributed by atoms with E-state index in [0.717, 1.165) is 3.57 Å². The van der Waals surface area contributed by atoms with Crippen LogP contribution in [0.4, 0.5) is 5.69 Å². The Morgan fingerprint density at radius 2 is 1.65 bits per heavy atom. The first-order valence-electron chi connectivity index (χ1n) is 7.52. The van der Waals surface area contributed by atoms with Crippen LogP contribution in [-0.2, 0) is 9.59 Å². The molecule has 8 heteroatoms. The van der Waals surface area contributed by atoms with E-state index in [9.17, 15) is 14.7 Å². The highest BCUT2D eigenvalue weighted by Gasteiger charge is 2.34. The third-order valence-electron chi connectivity index (χ3n) is 3.79. The zero-order valence-corrected chi connectivity index (χ0v) is 16.1. The normalized spacial score (nSPS) is 15.3. The monoisotopic (exact) mass is 466 g/mol. The Labute approximate surface area is 163 Å². The average molecular weight is 466 g/mol. The van der Waals surface area contributed by atoms with E-state index in [2.05, 4.69) is 28.0 Å². The minimum Gasteiger partial charge on any atom is -0.502 e. The number of nitrogens with one attached hydrogen (secondary N) is 1. The highest BCUT2D eigenvalue weighted by atomic mass is 127. The van der Waals surface area contributed by atoms with Gasteiger partial charge < -0.3 is 14.6 Å². The molecule has 2 amide bonds. The van der Waals surface area contributed by atoms with Gasteiger partial charge in [-0.3, -0.25) is 15.0 Å². The number of carbonyl (C=O) groups is 2. The lowest BCUT2D eigenvalue weighted by molar-refractivity contribution is -0.117. The number of halogens is 1. The molecule has 7 nitrogen and oxygen atoms in total. The summed E-state index contributed by atoms with van der Waals surface area (Å²) in [6, 6.07) is 10.2. The fourth-order valence-corrected chi connectivity index (χ4v) is 2.85. The van der Waals surface area contributed by atoms with Gasteiger partial charge in [0.05, 0.1) is 19.9 Å². The molecule has 1 heterocycles. The van der Waals surface area contributed by atoms with Gasteiger partial charge in [0.25, 0.3) is 11.8 Å². The number of carbonyl (C=O) groups excluding carboxylic acids is 2. The maximum atomic E-state index is 12.6. The Balaban J connectivity index is 1.97. The molecular formula is C18H15IN2O5. The molecule has 0 bridgehead atoms. The predicted octanol–water partition coefficient (Wildman–Crippen LogP) is 2.48. The lowest BCUT2D eigenvalue weighted by Gasteiger charge is -2.14. The standard InChI is InChI=1S/C18H15IN2O5/c1-25-14-8-10(9-15(26-2)16(14)22)7-13-17(23)20-21(18(13)24)12-5-3-11(19)4-6-12/h3-9,22H,1-2H3,(H,20,23). The smallest absolute Gasteiger partial charge is 0.282 e. The van der Waals surface area contributed by atoms with Crippen LogP contribution in [0.5, 0.6) is 17.2 Å². The molecule has 3 rings (SSSR count). The van der Waals surface area contributed by atoms with Gasteiger partial charge in [0, 0.05) is 3.57 Å². The van der Waals surface area contributed by atoms with Crippen molar-refractivity contribution in [3.63, 3.8) is 0 Å². The zero-order valence-electron chi connectivity index (χ0n) is 13.9. The van der Waals surface area contributed by atoms with Crippen molar-refractivity contribution < 1.29 is 24.2 Å². The molecule has 1 aliphatic rings. The van der Waals surface area contributed by atoms with Crippen molar-refractivity contribution in [2.24, 2.45) is 0 Å². The van der Waals surface area contributed by atoms with Gasteiger partial charge in [-0.25, -0.2) is 5.01 Å². The molecule has 1 aliphatic heterocycles. The number of hydrogen-bond donors (Lipinski definition) is 2. The number of ether oxygens (including phenoxy) is 2. The van der Waals surface area contributed by atoms with E-state index in [4.69, 9.17) is 9.47 Å². The van der Waals surface area contributed by atoms with Crippen molar-refractivity contribution >= 4 is 46.2 Å². The lowest BCUT2D eigenvalue weighted by Crippen LogP contribution is -2.35. The first kappa shape index (κ1) is 18.1. The van der Waals surface area contributed by atoms with Crippen LogP contribution in [0.1, 0.15) is 5.56 Å². The molecule has 1 fully saturated rings. The van der Waals surface area contributed by atoms with Gasteiger partial charge in [-0.1, -0.05) is 0 Å². The van der Waals surface area contributed by atoms with E-state index in [1.54, 1.807) is 12.1 Å². The van der Waals surface area contributed by atoms with E-state index >= 15 is 0 Å².